The maximum absolute atomic E-state index is 13.5. The fourth-order valence-corrected chi connectivity index (χ4v) is 7.62. The summed E-state index contributed by atoms with van der Waals surface area (Å²) in [6, 6.07) is 34.3. The van der Waals surface area contributed by atoms with Crippen LogP contribution < -0.4 is 9.44 Å². The molecule has 1 aliphatic rings. The van der Waals surface area contributed by atoms with Gasteiger partial charge in [0.1, 0.15) is 0 Å². The van der Waals surface area contributed by atoms with E-state index < -0.39 is 25.8 Å². The second kappa shape index (κ2) is 9.54. The zero-order valence-electron chi connectivity index (χ0n) is 21.9. The zero-order chi connectivity index (χ0) is 29.1. The van der Waals surface area contributed by atoms with Crippen LogP contribution in [0.1, 0.15) is 15.9 Å². The summed E-state index contributed by atoms with van der Waals surface area (Å²) in [4.78, 5) is 13.3. The Balaban J connectivity index is 1.20. The SMILES string of the molecule is O=C1c2cc(S(=O)(=O)Nc3cccc4ccccc34)ccc2-c2ccc(S(=O)(=O)Nc3cccc4ccccc34)cc21. The first kappa shape index (κ1) is 25.9. The zero-order valence-corrected chi connectivity index (χ0v) is 23.5. The molecular formula is C33H22N2O5S2. The van der Waals surface area contributed by atoms with E-state index in [0.717, 1.165) is 21.5 Å². The second-order valence-electron chi connectivity index (χ2n) is 10.0. The van der Waals surface area contributed by atoms with Crippen molar-refractivity contribution in [1.29, 1.82) is 0 Å². The number of carbonyl (C=O) groups excluding carboxylic acids is 1. The van der Waals surface area contributed by atoms with Gasteiger partial charge in [-0.25, -0.2) is 16.8 Å². The molecule has 2 N–H and O–H groups in total. The highest BCUT2D eigenvalue weighted by molar-refractivity contribution is 7.93. The van der Waals surface area contributed by atoms with Crippen LogP contribution >= 0.6 is 0 Å². The number of carbonyl (C=O) groups is 1. The standard InChI is InChI=1S/C33H22N2O5S2/c36-33-29-19-23(41(37,38)34-31-13-5-9-21-7-1-3-11-25(21)31)15-17-27(29)28-18-16-24(20-30(28)33)42(39,40)35-32-14-6-10-22-8-2-4-12-26(22)32/h1-20,34-35H. The molecule has 0 saturated carbocycles. The van der Waals surface area contributed by atoms with Crippen molar-refractivity contribution >= 4 is 58.7 Å². The lowest BCUT2D eigenvalue weighted by Gasteiger charge is -2.12. The van der Waals surface area contributed by atoms with E-state index in [1.807, 2.05) is 60.7 Å². The molecule has 6 aromatic carbocycles. The van der Waals surface area contributed by atoms with E-state index in [1.54, 1.807) is 36.4 Å². The Morgan fingerprint density at radius 3 is 1.29 bits per heavy atom. The number of anilines is 2. The van der Waals surface area contributed by atoms with Crippen molar-refractivity contribution in [3.8, 4) is 11.1 Å². The molecule has 9 heteroatoms. The van der Waals surface area contributed by atoms with Gasteiger partial charge in [0.25, 0.3) is 20.0 Å². The van der Waals surface area contributed by atoms with E-state index in [0.29, 0.717) is 22.5 Å². The van der Waals surface area contributed by atoms with E-state index in [1.165, 1.54) is 24.3 Å². The van der Waals surface area contributed by atoms with Gasteiger partial charge in [-0.2, -0.15) is 0 Å². The fourth-order valence-electron chi connectivity index (χ4n) is 5.41. The largest absolute Gasteiger partial charge is 0.289 e. The summed E-state index contributed by atoms with van der Waals surface area (Å²) in [7, 11) is -8.06. The topological polar surface area (TPSA) is 109 Å². The van der Waals surface area contributed by atoms with Crippen molar-refractivity contribution in [1.82, 2.24) is 0 Å². The van der Waals surface area contributed by atoms with Gasteiger partial charge in [-0.1, -0.05) is 84.9 Å². The van der Waals surface area contributed by atoms with Crippen LogP contribution in [-0.4, -0.2) is 22.6 Å². The molecule has 1 aliphatic carbocycles. The van der Waals surface area contributed by atoms with Crippen molar-refractivity contribution < 1.29 is 21.6 Å². The van der Waals surface area contributed by atoms with Crippen molar-refractivity contribution in [2.24, 2.45) is 0 Å². The van der Waals surface area contributed by atoms with E-state index in [-0.39, 0.29) is 20.9 Å². The van der Waals surface area contributed by atoms with Gasteiger partial charge in [0, 0.05) is 21.9 Å². The van der Waals surface area contributed by atoms with Gasteiger partial charge in [0.05, 0.1) is 21.2 Å². The van der Waals surface area contributed by atoms with Gasteiger partial charge in [-0.15, -0.1) is 0 Å². The average Bonchev–Trinajstić information content (AvgIpc) is 3.28. The van der Waals surface area contributed by atoms with Gasteiger partial charge in [-0.05, 0) is 58.3 Å². The third kappa shape index (κ3) is 4.30. The first-order chi connectivity index (χ1) is 20.2. The van der Waals surface area contributed by atoms with Crippen LogP contribution in [0, 0.1) is 0 Å². The molecule has 0 aromatic heterocycles. The number of benzene rings is 6. The summed E-state index contributed by atoms with van der Waals surface area (Å²) < 4.78 is 58.8. The molecule has 0 bridgehead atoms. The van der Waals surface area contributed by atoms with E-state index in [4.69, 9.17) is 0 Å². The van der Waals surface area contributed by atoms with Gasteiger partial charge < -0.3 is 0 Å². The van der Waals surface area contributed by atoms with Crippen molar-refractivity contribution in [3.63, 3.8) is 0 Å². The van der Waals surface area contributed by atoms with Crippen molar-refractivity contribution in [2.75, 3.05) is 9.44 Å². The first-order valence-electron chi connectivity index (χ1n) is 13.1. The number of hydrogen-bond donors (Lipinski definition) is 2. The third-order valence-corrected chi connectivity index (χ3v) is 10.2. The Hall–Kier alpha value is -4.99. The molecule has 7 rings (SSSR count). The highest BCUT2D eigenvalue weighted by Gasteiger charge is 2.31. The number of nitrogens with one attached hydrogen (secondary N) is 2. The number of fused-ring (bicyclic) bond motifs is 5. The predicted octanol–water partition coefficient (Wildman–Crippen LogP) is 6.81. The maximum Gasteiger partial charge on any atom is 0.261 e. The lowest BCUT2D eigenvalue weighted by Crippen LogP contribution is -2.14. The molecular weight excluding hydrogens is 569 g/mol. The van der Waals surface area contributed by atoms with Crippen molar-refractivity contribution in [2.45, 2.75) is 9.79 Å². The minimum absolute atomic E-state index is 0.0687. The number of hydrogen-bond acceptors (Lipinski definition) is 5. The number of rotatable bonds is 6. The highest BCUT2D eigenvalue weighted by Crippen LogP contribution is 2.39. The van der Waals surface area contributed by atoms with Crippen LogP contribution in [0.5, 0.6) is 0 Å². The highest BCUT2D eigenvalue weighted by atomic mass is 32.2. The molecule has 0 heterocycles. The summed E-state index contributed by atoms with van der Waals surface area (Å²) >= 11 is 0. The predicted molar refractivity (Wildman–Crippen MR) is 165 cm³/mol. The Morgan fingerprint density at radius 2 is 0.833 bits per heavy atom. The van der Waals surface area contributed by atoms with Crippen LogP contribution in [-0.2, 0) is 20.0 Å². The van der Waals surface area contributed by atoms with Gasteiger partial charge in [0.2, 0.25) is 0 Å². The molecule has 0 radical (unpaired) electrons. The minimum atomic E-state index is -4.03. The Kier molecular flexibility index (Phi) is 5.89. The van der Waals surface area contributed by atoms with Crippen LogP contribution in [0.4, 0.5) is 11.4 Å². The molecule has 0 amide bonds. The molecule has 206 valence electrons. The first-order valence-corrected chi connectivity index (χ1v) is 16.0. The van der Waals surface area contributed by atoms with Crippen LogP contribution in [0.25, 0.3) is 32.7 Å². The van der Waals surface area contributed by atoms with Crippen molar-refractivity contribution in [3.05, 3.63) is 132 Å². The maximum atomic E-state index is 13.5. The molecule has 0 atom stereocenters. The molecule has 0 saturated heterocycles. The molecule has 42 heavy (non-hydrogen) atoms. The normalized spacial score (nSPS) is 12.7. The van der Waals surface area contributed by atoms with E-state index in [9.17, 15) is 21.6 Å². The summed E-state index contributed by atoms with van der Waals surface area (Å²) in [6.45, 7) is 0. The van der Waals surface area contributed by atoms with E-state index >= 15 is 0 Å². The third-order valence-electron chi connectivity index (χ3n) is 7.45. The molecule has 7 nitrogen and oxygen atoms in total. The number of sulfonamides is 2. The molecule has 0 unspecified atom stereocenters. The number of ketones is 1. The molecule has 0 fully saturated rings. The second-order valence-corrected chi connectivity index (χ2v) is 13.4. The van der Waals surface area contributed by atoms with Gasteiger partial charge in [0.15, 0.2) is 5.78 Å². The lowest BCUT2D eigenvalue weighted by molar-refractivity contribution is 0.104. The summed E-state index contributed by atoms with van der Waals surface area (Å²) in [6.07, 6.45) is 0. The fraction of sp³-hybridized carbons (Fsp3) is 0. The summed E-state index contributed by atoms with van der Waals surface area (Å²) in [5.41, 5.74) is 2.34. The summed E-state index contributed by atoms with van der Waals surface area (Å²) in [5, 5.41) is 3.27. The van der Waals surface area contributed by atoms with Gasteiger partial charge >= 0.3 is 0 Å². The van der Waals surface area contributed by atoms with Gasteiger partial charge in [-0.3, -0.25) is 14.2 Å². The lowest BCUT2D eigenvalue weighted by atomic mass is 10.1. The monoisotopic (exact) mass is 590 g/mol. The van der Waals surface area contributed by atoms with Crippen LogP contribution in [0.2, 0.25) is 0 Å². The average molecular weight is 591 g/mol. The Bertz CT molecular complexity index is 2140. The van der Waals surface area contributed by atoms with Crippen LogP contribution in [0.15, 0.2) is 131 Å². The molecule has 6 aromatic rings. The molecule has 0 spiro atoms. The minimum Gasteiger partial charge on any atom is -0.289 e. The molecule has 0 aliphatic heterocycles. The van der Waals surface area contributed by atoms with Crippen LogP contribution in [0.3, 0.4) is 0 Å². The quantitative estimate of drug-likeness (QED) is 0.221. The Labute approximate surface area is 242 Å². The Morgan fingerprint density at radius 1 is 0.429 bits per heavy atom. The smallest absolute Gasteiger partial charge is 0.261 e. The van der Waals surface area contributed by atoms with E-state index in [2.05, 4.69) is 9.44 Å². The summed E-state index contributed by atoms with van der Waals surface area (Å²) in [5.74, 6) is -0.440.